The molecule has 3 heterocycles. The average Bonchev–Trinajstić information content (AvgIpc) is 3.19. The minimum atomic E-state index is -5.08. The van der Waals surface area contributed by atoms with Gasteiger partial charge in [-0.25, -0.2) is 20.2 Å². The van der Waals surface area contributed by atoms with Gasteiger partial charge in [0.15, 0.2) is 0 Å². The monoisotopic (exact) mass is 509 g/mol. The Morgan fingerprint density at radius 1 is 1.14 bits per heavy atom. The maximum absolute atomic E-state index is 11.4. The lowest BCUT2D eigenvalue weighted by Crippen LogP contribution is -2.38. The fourth-order valence-electron chi connectivity index (χ4n) is 3.82. The van der Waals surface area contributed by atoms with Gasteiger partial charge in [-0.15, -0.1) is 0 Å². The number of hydroxylamine groups is 1. The van der Waals surface area contributed by atoms with Gasteiger partial charge in [0.05, 0.1) is 16.8 Å². The second kappa shape index (κ2) is 11.8. The highest BCUT2D eigenvalue weighted by Gasteiger charge is 2.38. The molecule has 0 bridgehead atoms. The average molecular weight is 509 g/mol. The first-order valence-electron chi connectivity index (χ1n) is 11.0. The molecule has 1 aromatic carbocycles. The number of aryl methyl sites for hydroxylation is 1. The van der Waals surface area contributed by atoms with Crippen molar-refractivity contribution in [1.82, 2.24) is 30.5 Å². The molecule has 1 amide bonds. The van der Waals surface area contributed by atoms with Crippen molar-refractivity contribution in [3.8, 4) is 0 Å². The summed E-state index contributed by atoms with van der Waals surface area (Å²) in [6, 6.07) is 8.29. The van der Waals surface area contributed by atoms with E-state index in [9.17, 15) is 18.0 Å². The van der Waals surface area contributed by atoms with Crippen LogP contribution in [-0.2, 0) is 18.4 Å². The van der Waals surface area contributed by atoms with Crippen LogP contribution in [0.25, 0.3) is 10.9 Å². The number of hydrogen-bond acceptors (Lipinski definition) is 8. The highest BCUT2D eigenvalue weighted by Crippen LogP contribution is 2.21. The molecule has 0 spiro atoms. The van der Waals surface area contributed by atoms with Gasteiger partial charge in [0.25, 0.3) is 5.91 Å². The fourth-order valence-corrected chi connectivity index (χ4v) is 3.82. The number of para-hydroxylation sites is 1. The van der Waals surface area contributed by atoms with E-state index < -0.39 is 18.1 Å². The first-order chi connectivity index (χ1) is 17.1. The van der Waals surface area contributed by atoms with Crippen molar-refractivity contribution in [3.63, 3.8) is 0 Å². The molecule has 11 nitrogen and oxygen atoms in total. The van der Waals surface area contributed by atoms with Crippen molar-refractivity contribution in [1.29, 1.82) is 0 Å². The SMILES string of the molecule is Cn1nc(CNCC2CCN(c3ncc(C(=O)NO)cn3)CC2)c2ccccc21.O=C(O)C(F)(F)F. The van der Waals surface area contributed by atoms with E-state index in [-0.39, 0.29) is 5.56 Å². The molecule has 0 unspecified atom stereocenters. The van der Waals surface area contributed by atoms with Crippen LogP contribution in [0.15, 0.2) is 36.7 Å². The summed E-state index contributed by atoms with van der Waals surface area (Å²) in [7, 11) is 1.98. The molecule has 4 N–H and O–H groups in total. The lowest BCUT2D eigenvalue weighted by atomic mass is 9.97. The van der Waals surface area contributed by atoms with E-state index in [2.05, 4.69) is 37.4 Å². The third-order valence-corrected chi connectivity index (χ3v) is 5.70. The first-order valence-corrected chi connectivity index (χ1v) is 11.0. The Morgan fingerprint density at radius 3 is 2.33 bits per heavy atom. The minimum absolute atomic E-state index is 0.234. The number of halogens is 3. The van der Waals surface area contributed by atoms with Crippen molar-refractivity contribution in [2.45, 2.75) is 25.6 Å². The van der Waals surface area contributed by atoms with Crippen LogP contribution in [0, 0.1) is 5.92 Å². The largest absolute Gasteiger partial charge is 0.490 e. The highest BCUT2D eigenvalue weighted by atomic mass is 19.4. The van der Waals surface area contributed by atoms with E-state index in [4.69, 9.17) is 15.1 Å². The molecule has 1 fully saturated rings. The van der Waals surface area contributed by atoms with E-state index >= 15 is 0 Å². The van der Waals surface area contributed by atoms with Gasteiger partial charge >= 0.3 is 12.1 Å². The Hall–Kier alpha value is -3.78. The van der Waals surface area contributed by atoms with Gasteiger partial charge in [0.2, 0.25) is 5.95 Å². The Bertz CT molecular complexity index is 1180. The lowest BCUT2D eigenvalue weighted by Gasteiger charge is -2.32. The second-order valence-electron chi connectivity index (χ2n) is 8.16. The number of fused-ring (bicyclic) bond motifs is 1. The van der Waals surface area contributed by atoms with Gasteiger partial charge in [0, 0.05) is 44.5 Å². The molecule has 2 aromatic heterocycles. The lowest BCUT2D eigenvalue weighted by molar-refractivity contribution is -0.192. The molecule has 1 saturated heterocycles. The Labute approximate surface area is 203 Å². The number of aromatic nitrogens is 4. The first kappa shape index (κ1) is 26.8. The van der Waals surface area contributed by atoms with Crippen LogP contribution >= 0.6 is 0 Å². The maximum Gasteiger partial charge on any atom is 0.490 e. The smallest absolute Gasteiger partial charge is 0.475 e. The molecule has 36 heavy (non-hydrogen) atoms. The minimum Gasteiger partial charge on any atom is -0.475 e. The number of carboxylic acid groups (broad SMARTS) is 1. The van der Waals surface area contributed by atoms with Crippen LogP contribution in [0.3, 0.4) is 0 Å². The molecule has 1 aliphatic heterocycles. The Kier molecular flexibility index (Phi) is 8.77. The summed E-state index contributed by atoms with van der Waals surface area (Å²) >= 11 is 0. The number of carboxylic acids is 1. The molecule has 0 atom stereocenters. The number of alkyl halides is 3. The Balaban J connectivity index is 0.000000454. The quantitative estimate of drug-likeness (QED) is 0.290. The van der Waals surface area contributed by atoms with Gasteiger partial charge < -0.3 is 15.3 Å². The van der Waals surface area contributed by atoms with Crippen molar-refractivity contribution >= 4 is 28.7 Å². The standard InChI is InChI=1S/C20H25N7O2.C2HF3O2/c1-26-18-5-3-2-4-16(18)17(24-26)13-21-10-14-6-8-27(9-7-14)20-22-11-15(12-23-20)19(28)25-29;3-2(4,5)1(6)7/h2-5,11-12,14,21,29H,6-10,13H2,1H3,(H,25,28);(H,6,7). The molecule has 14 heteroatoms. The van der Waals surface area contributed by atoms with Crippen molar-refractivity contribution < 1.29 is 33.1 Å². The van der Waals surface area contributed by atoms with Crippen LogP contribution in [0.5, 0.6) is 0 Å². The van der Waals surface area contributed by atoms with Crippen LogP contribution in [-0.4, -0.2) is 67.7 Å². The predicted molar refractivity (Wildman–Crippen MR) is 122 cm³/mol. The second-order valence-corrected chi connectivity index (χ2v) is 8.16. The summed E-state index contributed by atoms with van der Waals surface area (Å²) in [5.74, 6) is -2.15. The van der Waals surface area contributed by atoms with E-state index in [1.165, 1.54) is 17.8 Å². The zero-order valence-corrected chi connectivity index (χ0v) is 19.4. The number of hydrogen-bond donors (Lipinski definition) is 4. The molecule has 0 radical (unpaired) electrons. The summed E-state index contributed by atoms with van der Waals surface area (Å²) in [5.41, 5.74) is 4.05. The maximum atomic E-state index is 11.4. The molecule has 194 valence electrons. The fraction of sp³-hybridized carbons (Fsp3) is 0.409. The number of amides is 1. The number of piperidine rings is 1. The predicted octanol–water partition coefficient (Wildman–Crippen LogP) is 2.12. The zero-order chi connectivity index (χ0) is 26.3. The third-order valence-electron chi connectivity index (χ3n) is 5.70. The van der Waals surface area contributed by atoms with Crippen molar-refractivity contribution in [3.05, 3.63) is 47.9 Å². The molecule has 1 aliphatic rings. The van der Waals surface area contributed by atoms with Crippen LogP contribution < -0.4 is 15.7 Å². The zero-order valence-electron chi connectivity index (χ0n) is 19.4. The number of rotatable bonds is 6. The number of benzene rings is 1. The third kappa shape index (κ3) is 6.88. The highest BCUT2D eigenvalue weighted by molar-refractivity contribution is 5.92. The molecule has 3 aromatic rings. The summed E-state index contributed by atoms with van der Waals surface area (Å²) in [5, 5.41) is 25.2. The van der Waals surface area contributed by atoms with Crippen LogP contribution in [0.2, 0.25) is 0 Å². The normalized spacial score (nSPS) is 14.3. The summed E-state index contributed by atoms with van der Waals surface area (Å²) in [6.07, 6.45) is -0.117. The molecular weight excluding hydrogens is 483 g/mol. The number of anilines is 1. The van der Waals surface area contributed by atoms with E-state index in [1.54, 1.807) is 5.48 Å². The van der Waals surface area contributed by atoms with Gasteiger partial charge in [-0.1, -0.05) is 18.2 Å². The number of aliphatic carboxylic acids is 1. The van der Waals surface area contributed by atoms with Gasteiger partial charge in [-0.3, -0.25) is 14.7 Å². The van der Waals surface area contributed by atoms with Gasteiger partial charge in [-0.05, 0) is 31.4 Å². The number of nitrogens with zero attached hydrogens (tertiary/aromatic N) is 5. The molecule has 0 saturated carbocycles. The van der Waals surface area contributed by atoms with Gasteiger partial charge in [-0.2, -0.15) is 18.3 Å². The number of nitrogens with one attached hydrogen (secondary N) is 2. The van der Waals surface area contributed by atoms with Gasteiger partial charge in [0.1, 0.15) is 0 Å². The summed E-state index contributed by atoms with van der Waals surface area (Å²) in [4.78, 5) is 30.9. The van der Waals surface area contributed by atoms with E-state index in [0.29, 0.717) is 11.9 Å². The van der Waals surface area contributed by atoms with E-state index in [1.807, 2.05) is 23.9 Å². The van der Waals surface area contributed by atoms with E-state index in [0.717, 1.165) is 50.2 Å². The Morgan fingerprint density at radius 2 is 1.75 bits per heavy atom. The molecule has 0 aliphatic carbocycles. The van der Waals surface area contributed by atoms with Crippen LogP contribution in [0.1, 0.15) is 28.9 Å². The molecular formula is C22H26F3N7O4. The summed E-state index contributed by atoms with van der Waals surface area (Å²) < 4.78 is 33.7. The van der Waals surface area contributed by atoms with Crippen molar-refractivity contribution in [2.24, 2.45) is 13.0 Å². The topological polar surface area (TPSA) is 146 Å². The summed E-state index contributed by atoms with van der Waals surface area (Å²) in [6.45, 7) is 3.48. The number of carbonyl (C=O) groups is 2. The molecule has 4 rings (SSSR count). The van der Waals surface area contributed by atoms with Crippen molar-refractivity contribution in [2.75, 3.05) is 24.5 Å². The van der Waals surface area contributed by atoms with Crippen LogP contribution in [0.4, 0.5) is 19.1 Å². The number of carbonyl (C=O) groups excluding carboxylic acids is 1.